The molecule has 0 aliphatic heterocycles. The zero-order valence-corrected chi connectivity index (χ0v) is 8.75. The van der Waals surface area contributed by atoms with Gasteiger partial charge in [0.1, 0.15) is 11.7 Å². The first kappa shape index (κ1) is 12.2. The van der Waals surface area contributed by atoms with Crippen LogP contribution in [0.2, 0.25) is 0 Å². The summed E-state index contributed by atoms with van der Waals surface area (Å²) in [5.74, 6) is -1.75. The van der Waals surface area contributed by atoms with Gasteiger partial charge in [0.05, 0.1) is 6.33 Å². The highest BCUT2D eigenvalue weighted by Crippen LogP contribution is 1.97. The largest absolute Gasteiger partial charge is 0.480 e. The molecule has 16 heavy (non-hydrogen) atoms. The molecule has 1 aromatic heterocycles. The van der Waals surface area contributed by atoms with Crippen LogP contribution in [0, 0.1) is 0 Å². The van der Waals surface area contributed by atoms with Crippen molar-refractivity contribution < 1.29 is 19.8 Å². The number of aryl methyl sites for hydroxylation is 1. The first-order valence-electron chi connectivity index (χ1n) is 4.67. The smallest absolute Gasteiger partial charge is 0.326 e. The minimum Gasteiger partial charge on any atom is -0.480 e. The second kappa shape index (κ2) is 5.26. The zero-order chi connectivity index (χ0) is 12.1. The van der Waals surface area contributed by atoms with Crippen molar-refractivity contribution in [2.75, 3.05) is 6.61 Å². The number of carbonyl (C=O) groups excluding carboxylic acids is 1. The minimum absolute atomic E-state index is 0.0338. The average Bonchev–Trinajstić information content (AvgIpc) is 2.64. The van der Waals surface area contributed by atoms with Gasteiger partial charge in [-0.1, -0.05) is 0 Å². The quantitative estimate of drug-likeness (QED) is 0.597. The van der Waals surface area contributed by atoms with Crippen molar-refractivity contribution >= 4 is 11.9 Å². The summed E-state index contributed by atoms with van der Waals surface area (Å²) in [4.78, 5) is 26.0. The number of aliphatic hydroxyl groups excluding tert-OH is 1. The summed E-state index contributed by atoms with van der Waals surface area (Å²) in [6, 6.07) is -1.10. The molecule has 0 unspecified atom stereocenters. The second-order valence-electron chi connectivity index (χ2n) is 3.30. The number of nitrogens with zero attached hydrogens (tertiary/aromatic N) is 2. The third kappa shape index (κ3) is 3.06. The van der Waals surface area contributed by atoms with Gasteiger partial charge < -0.3 is 20.1 Å². The molecular weight excluding hydrogens is 214 g/mol. The fraction of sp³-hybridized carbons (Fsp3) is 0.444. The minimum atomic E-state index is -1.18. The molecule has 7 nitrogen and oxygen atoms in total. The number of carboxylic acid groups (broad SMARTS) is 1. The lowest BCUT2D eigenvalue weighted by molar-refractivity contribution is -0.139. The Kier molecular flexibility index (Phi) is 4.01. The van der Waals surface area contributed by atoms with Crippen LogP contribution in [-0.4, -0.2) is 44.3 Å². The molecule has 0 fully saturated rings. The number of aromatic nitrogens is 2. The van der Waals surface area contributed by atoms with Crippen molar-refractivity contribution in [1.29, 1.82) is 0 Å². The van der Waals surface area contributed by atoms with E-state index < -0.39 is 17.9 Å². The van der Waals surface area contributed by atoms with Gasteiger partial charge in [0.2, 0.25) is 0 Å². The van der Waals surface area contributed by atoms with E-state index in [-0.39, 0.29) is 18.7 Å². The lowest BCUT2D eigenvalue weighted by atomic mass is 10.2. The first-order valence-corrected chi connectivity index (χ1v) is 4.67. The van der Waals surface area contributed by atoms with E-state index in [0.29, 0.717) is 0 Å². The number of carboxylic acids is 1. The van der Waals surface area contributed by atoms with E-state index in [9.17, 15) is 9.59 Å². The molecule has 0 radical (unpaired) electrons. The molecule has 0 saturated carbocycles. The zero-order valence-electron chi connectivity index (χ0n) is 8.75. The van der Waals surface area contributed by atoms with Crippen molar-refractivity contribution in [2.24, 2.45) is 7.05 Å². The molecule has 88 valence electrons. The number of aliphatic hydroxyl groups is 1. The highest BCUT2D eigenvalue weighted by atomic mass is 16.4. The van der Waals surface area contributed by atoms with Gasteiger partial charge in [0, 0.05) is 26.3 Å². The molecule has 0 aliphatic carbocycles. The Morgan fingerprint density at radius 2 is 2.31 bits per heavy atom. The SMILES string of the molecule is Cn1cnc(C(=O)N[C@@H](CCO)C(=O)O)c1. The maximum Gasteiger partial charge on any atom is 0.326 e. The number of rotatable bonds is 5. The van der Waals surface area contributed by atoms with Crippen molar-refractivity contribution in [1.82, 2.24) is 14.9 Å². The van der Waals surface area contributed by atoms with Crippen molar-refractivity contribution in [2.45, 2.75) is 12.5 Å². The second-order valence-corrected chi connectivity index (χ2v) is 3.30. The van der Waals surface area contributed by atoms with Crippen LogP contribution in [0.3, 0.4) is 0 Å². The van der Waals surface area contributed by atoms with Gasteiger partial charge in [-0.15, -0.1) is 0 Å². The van der Waals surface area contributed by atoms with Gasteiger partial charge in [-0.05, 0) is 0 Å². The van der Waals surface area contributed by atoms with Crippen LogP contribution in [-0.2, 0) is 11.8 Å². The molecule has 1 rings (SSSR count). The molecule has 0 aliphatic rings. The van der Waals surface area contributed by atoms with Crippen molar-refractivity contribution in [3.63, 3.8) is 0 Å². The fourth-order valence-corrected chi connectivity index (χ4v) is 1.15. The van der Waals surface area contributed by atoms with Gasteiger partial charge in [-0.25, -0.2) is 9.78 Å². The number of nitrogens with one attached hydrogen (secondary N) is 1. The van der Waals surface area contributed by atoms with Crippen LogP contribution in [0.4, 0.5) is 0 Å². The van der Waals surface area contributed by atoms with Gasteiger partial charge in [0.25, 0.3) is 5.91 Å². The highest BCUT2D eigenvalue weighted by Gasteiger charge is 2.20. The van der Waals surface area contributed by atoms with E-state index in [1.807, 2.05) is 0 Å². The highest BCUT2D eigenvalue weighted by molar-refractivity contribution is 5.94. The van der Waals surface area contributed by atoms with E-state index in [1.165, 1.54) is 12.5 Å². The molecular formula is C9H13N3O4. The molecule has 1 atom stereocenters. The normalized spacial score (nSPS) is 12.1. The Hall–Kier alpha value is -1.89. The number of aliphatic carboxylic acids is 1. The summed E-state index contributed by atoms with van der Waals surface area (Å²) in [5, 5.41) is 19.7. The molecule has 1 amide bonds. The molecule has 1 heterocycles. The van der Waals surface area contributed by atoms with Gasteiger partial charge in [-0.2, -0.15) is 0 Å². The molecule has 0 saturated heterocycles. The maximum absolute atomic E-state index is 11.5. The summed E-state index contributed by atoms with van der Waals surface area (Å²) in [6.07, 6.45) is 2.89. The Labute approximate surface area is 91.7 Å². The molecule has 1 aromatic rings. The Balaban J connectivity index is 2.65. The topological polar surface area (TPSA) is 104 Å². The number of amides is 1. The van der Waals surface area contributed by atoms with E-state index in [1.54, 1.807) is 11.6 Å². The number of hydrogen-bond acceptors (Lipinski definition) is 4. The van der Waals surface area contributed by atoms with Crippen molar-refractivity contribution in [3.05, 3.63) is 18.2 Å². The first-order chi connectivity index (χ1) is 7.54. The number of imidazole rings is 1. The average molecular weight is 227 g/mol. The van der Waals surface area contributed by atoms with E-state index in [2.05, 4.69) is 10.3 Å². The number of carbonyl (C=O) groups is 2. The fourth-order valence-electron chi connectivity index (χ4n) is 1.15. The van der Waals surface area contributed by atoms with Crippen molar-refractivity contribution in [3.8, 4) is 0 Å². The van der Waals surface area contributed by atoms with Gasteiger partial charge in [0.15, 0.2) is 0 Å². The molecule has 3 N–H and O–H groups in total. The number of hydrogen-bond donors (Lipinski definition) is 3. The lowest BCUT2D eigenvalue weighted by Gasteiger charge is -2.11. The third-order valence-corrected chi connectivity index (χ3v) is 1.96. The Bertz CT molecular complexity index is 388. The predicted octanol–water partition coefficient (Wildman–Crippen LogP) is -1.01. The monoisotopic (exact) mass is 227 g/mol. The van der Waals surface area contributed by atoms with Crippen LogP contribution in [0.5, 0.6) is 0 Å². The lowest BCUT2D eigenvalue weighted by Crippen LogP contribution is -2.41. The molecule has 7 heteroatoms. The van der Waals surface area contributed by atoms with Crippen LogP contribution < -0.4 is 5.32 Å². The summed E-state index contributed by atoms with van der Waals surface area (Å²) >= 11 is 0. The summed E-state index contributed by atoms with van der Waals surface area (Å²) in [5.41, 5.74) is 0.145. The predicted molar refractivity (Wildman–Crippen MR) is 53.8 cm³/mol. The maximum atomic E-state index is 11.5. The van der Waals surface area contributed by atoms with Crippen LogP contribution in [0.15, 0.2) is 12.5 Å². The van der Waals surface area contributed by atoms with Crippen LogP contribution >= 0.6 is 0 Å². The Morgan fingerprint density at radius 1 is 1.62 bits per heavy atom. The van der Waals surface area contributed by atoms with Crippen LogP contribution in [0.25, 0.3) is 0 Å². The standard InChI is InChI=1S/C9H13N3O4/c1-12-4-7(10-5-12)8(14)11-6(2-3-13)9(15)16/h4-6,13H,2-3H2,1H3,(H,11,14)(H,15,16)/t6-/m0/s1. The van der Waals surface area contributed by atoms with Crippen LogP contribution in [0.1, 0.15) is 16.9 Å². The summed E-state index contributed by atoms with van der Waals surface area (Å²) in [6.45, 7) is -0.306. The summed E-state index contributed by atoms with van der Waals surface area (Å²) < 4.78 is 1.58. The van der Waals surface area contributed by atoms with E-state index >= 15 is 0 Å². The molecule has 0 bridgehead atoms. The Morgan fingerprint density at radius 3 is 2.75 bits per heavy atom. The third-order valence-electron chi connectivity index (χ3n) is 1.96. The molecule has 0 spiro atoms. The van der Waals surface area contributed by atoms with E-state index in [4.69, 9.17) is 10.2 Å². The summed E-state index contributed by atoms with van der Waals surface area (Å²) in [7, 11) is 1.70. The van der Waals surface area contributed by atoms with Gasteiger partial charge >= 0.3 is 5.97 Å². The molecule has 0 aromatic carbocycles. The van der Waals surface area contributed by atoms with Gasteiger partial charge in [-0.3, -0.25) is 4.79 Å². The van der Waals surface area contributed by atoms with E-state index in [0.717, 1.165) is 0 Å².